The van der Waals surface area contributed by atoms with Gasteiger partial charge >= 0.3 is 0 Å². The fourth-order valence-corrected chi connectivity index (χ4v) is 4.82. The molecule has 0 atom stereocenters. The summed E-state index contributed by atoms with van der Waals surface area (Å²) in [6, 6.07) is 14.1. The molecule has 7 nitrogen and oxygen atoms in total. The summed E-state index contributed by atoms with van der Waals surface area (Å²) in [7, 11) is -3.66. The molecular weight excluding hydrogens is 483 g/mol. The molecule has 0 aliphatic rings. The quantitative estimate of drug-likeness (QED) is 0.374. The van der Waals surface area contributed by atoms with Crippen molar-refractivity contribution in [2.45, 2.75) is 20.8 Å². The van der Waals surface area contributed by atoms with Crippen molar-refractivity contribution in [3.05, 3.63) is 81.1 Å². The van der Waals surface area contributed by atoms with E-state index in [1.54, 1.807) is 30.3 Å². The van der Waals surface area contributed by atoms with E-state index in [0.717, 1.165) is 38.8 Å². The maximum absolute atomic E-state index is 12.4. The van der Waals surface area contributed by atoms with Crippen LogP contribution in [-0.2, 0) is 14.8 Å². The molecular formula is C23H24Cl2N4O3S. The molecule has 3 aromatic rings. The number of hydrogen-bond donors (Lipinski definition) is 1. The molecule has 33 heavy (non-hydrogen) atoms. The number of carbonyl (C=O) groups excluding carboxylic acids is 1. The Morgan fingerprint density at radius 1 is 1.12 bits per heavy atom. The van der Waals surface area contributed by atoms with Crippen LogP contribution in [0.15, 0.2) is 53.6 Å². The van der Waals surface area contributed by atoms with Gasteiger partial charge in [0.25, 0.3) is 5.91 Å². The van der Waals surface area contributed by atoms with Gasteiger partial charge in [-0.25, -0.2) is 13.8 Å². The van der Waals surface area contributed by atoms with Gasteiger partial charge in [-0.05, 0) is 62.7 Å². The van der Waals surface area contributed by atoms with Gasteiger partial charge in [-0.2, -0.15) is 5.10 Å². The van der Waals surface area contributed by atoms with Gasteiger partial charge in [0.1, 0.15) is 6.54 Å². The molecule has 1 N–H and O–H groups in total. The lowest BCUT2D eigenvalue weighted by Crippen LogP contribution is -2.39. The lowest BCUT2D eigenvalue weighted by molar-refractivity contribution is -0.119. The summed E-state index contributed by atoms with van der Waals surface area (Å²) in [6.45, 7) is 5.30. The smallest absolute Gasteiger partial charge is 0.260 e. The van der Waals surface area contributed by atoms with Crippen LogP contribution in [0.2, 0.25) is 10.0 Å². The first-order chi connectivity index (χ1) is 15.5. The van der Waals surface area contributed by atoms with Crippen molar-refractivity contribution in [1.82, 2.24) is 9.99 Å². The van der Waals surface area contributed by atoms with E-state index in [4.69, 9.17) is 23.2 Å². The third-order valence-electron chi connectivity index (χ3n) is 4.99. The van der Waals surface area contributed by atoms with Gasteiger partial charge in [-0.1, -0.05) is 35.3 Å². The van der Waals surface area contributed by atoms with Gasteiger partial charge in [0.2, 0.25) is 10.0 Å². The average molecular weight is 507 g/mol. The third-order valence-corrected chi connectivity index (χ3v) is 6.67. The van der Waals surface area contributed by atoms with Crippen LogP contribution >= 0.6 is 23.2 Å². The normalized spacial score (nSPS) is 11.7. The van der Waals surface area contributed by atoms with Gasteiger partial charge in [-0.15, -0.1) is 0 Å². The number of anilines is 1. The highest BCUT2D eigenvalue weighted by atomic mass is 35.5. The van der Waals surface area contributed by atoms with Gasteiger partial charge in [-0.3, -0.25) is 9.10 Å². The minimum Gasteiger partial charge on any atom is -0.316 e. The minimum atomic E-state index is -3.66. The molecule has 1 amide bonds. The first kappa shape index (κ1) is 24.8. The van der Waals surface area contributed by atoms with Crippen molar-refractivity contribution in [1.29, 1.82) is 0 Å². The van der Waals surface area contributed by atoms with Crippen LogP contribution in [0.5, 0.6) is 0 Å². The second-order valence-electron chi connectivity index (χ2n) is 7.66. The fraction of sp³-hybridized carbons (Fsp3) is 0.217. The van der Waals surface area contributed by atoms with Crippen molar-refractivity contribution in [3.8, 4) is 5.69 Å². The zero-order chi connectivity index (χ0) is 24.3. The molecule has 0 bridgehead atoms. The summed E-state index contributed by atoms with van der Waals surface area (Å²) >= 11 is 12.4. The lowest BCUT2D eigenvalue weighted by Gasteiger charge is -2.21. The Morgan fingerprint density at radius 2 is 1.85 bits per heavy atom. The van der Waals surface area contributed by atoms with Crippen molar-refractivity contribution in [2.75, 3.05) is 17.1 Å². The van der Waals surface area contributed by atoms with E-state index in [2.05, 4.69) is 10.5 Å². The zero-order valence-corrected chi connectivity index (χ0v) is 21.0. The number of nitrogens with one attached hydrogen (secondary N) is 1. The molecule has 174 valence electrons. The van der Waals surface area contributed by atoms with Crippen LogP contribution in [0.25, 0.3) is 5.69 Å². The van der Waals surface area contributed by atoms with Crippen LogP contribution in [0.3, 0.4) is 0 Å². The number of aromatic nitrogens is 1. The van der Waals surface area contributed by atoms with E-state index >= 15 is 0 Å². The van der Waals surface area contributed by atoms with Crippen molar-refractivity contribution in [3.63, 3.8) is 0 Å². The predicted octanol–water partition coefficient (Wildman–Crippen LogP) is 4.63. The highest BCUT2D eigenvalue weighted by Crippen LogP contribution is 2.28. The second-order valence-corrected chi connectivity index (χ2v) is 10.4. The molecule has 0 saturated carbocycles. The molecule has 1 heterocycles. The van der Waals surface area contributed by atoms with Gasteiger partial charge in [0.05, 0.1) is 28.9 Å². The monoisotopic (exact) mass is 506 g/mol. The Morgan fingerprint density at radius 3 is 2.48 bits per heavy atom. The summed E-state index contributed by atoms with van der Waals surface area (Å²) in [4.78, 5) is 12.4. The fourth-order valence-electron chi connectivity index (χ4n) is 3.47. The number of carbonyl (C=O) groups is 1. The number of sulfonamides is 1. The number of halogens is 2. The summed E-state index contributed by atoms with van der Waals surface area (Å²) in [5, 5.41) is 5.08. The number of benzene rings is 2. The van der Waals surface area contributed by atoms with E-state index in [0.29, 0.717) is 15.7 Å². The van der Waals surface area contributed by atoms with Crippen LogP contribution in [0.1, 0.15) is 22.5 Å². The number of rotatable bonds is 7. The van der Waals surface area contributed by atoms with Gasteiger partial charge in [0.15, 0.2) is 0 Å². The van der Waals surface area contributed by atoms with Crippen LogP contribution in [-0.4, -0.2) is 37.9 Å². The van der Waals surface area contributed by atoms with E-state index in [1.807, 2.05) is 43.5 Å². The number of aryl methyl sites for hydroxylation is 2. The average Bonchev–Trinajstić information content (AvgIpc) is 2.99. The lowest BCUT2D eigenvalue weighted by atomic mass is 10.2. The molecule has 3 rings (SSSR count). The van der Waals surface area contributed by atoms with E-state index in [-0.39, 0.29) is 6.54 Å². The number of amides is 1. The van der Waals surface area contributed by atoms with Crippen LogP contribution < -0.4 is 9.73 Å². The number of nitrogens with zero attached hydrogens (tertiary/aromatic N) is 3. The van der Waals surface area contributed by atoms with E-state index in [1.165, 1.54) is 6.21 Å². The molecule has 1 aromatic heterocycles. The SMILES string of the molecule is Cc1cccc(N(CC(=O)N/N=C\c2cc(C)n(-c3ccc(Cl)cc3Cl)c2C)S(C)(=O)=O)c1. The number of hydrogen-bond acceptors (Lipinski definition) is 4. The summed E-state index contributed by atoms with van der Waals surface area (Å²) in [5.74, 6) is -0.562. The summed E-state index contributed by atoms with van der Waals surface area (Å²) in [5.41, 5.74) is 7.05. The molecule has 0 saturated heterocycles. The van der Waals surface area contributed by atoms with E-state index < -0.39 is 15.9 Å². The Kier molecular flexibility index (Phi) is 7.51. The standard InChI is InChI=1S/C23H24Cl2N4O3S/c1-15-6-5-7-20(10-15)28(33(4,31)32)14-23(30)27-26-13-18-11-16(2)29(17(18)3)22-9-8-19(24)12-21(22)25/h5-13H,14H2,1-4H3,(H,27,30)/b26-13-. The second kappa shape index (κ2) is 9.99. The van der Waals surface area contributed by atoms with Crippen molar-refractivity contribution in [2.24, 2.45) is 5.10 Å². The van der Waals surface area contributed by atoms with Crippen molar-refractivity contribution < 1.29 is 13.2 Å². The third kappa shape index (κ3) is 5.96. The topological polar surface area (TPSA) is 83.8 Å². The molecule has 0 unspecified atom stereocenters. The maximum Gasteiger partial charge on any atom is 0.260 e. The molecule has 0 spiro atoms. The highest BCUT2D eigenvalue weighted by molar-refractivity contribution is 7.92. The Labute approximate surface area is 203 Å². The first-order valence-corrected chi connectivity index (χ1v) is 12.6. The first-order valence-electron chi connectivity index (χ1n) is 9.98. The molecule has 0 fully saturated rings. The van der Waals surface area contributed by atoms with E-state index in [9.17, 15) is 13.2 Å². The predicted molar refractivity (Wildman–Crippen MR) is 134 cm³/mol. The molecule has 10 heteroatoms. The van der Waals surface area contributed by atoms with Gasteiger partial charge < -0.3 is 4.57 Å². The summed E-state index contributed by atoms with van der Waals surface area (Å²) in [6.07, 6.45) is 2.57. The molecule has 0 radical (unpaired) electrons. The van der Waals surface area contributed by atoms with Crippen molar-refractivity contribution >= 4 is 51.0 Å². The largest absolute Gasteiger partial charge is 0.316 e. The molecule has 0 aliphatic carbocycles. The molecule has 0 aliphatic heterocycles. The highest BCUT2D eigenvalue weighted by Gasteiger charge is 2.21. The van der Waals surface area contributed by atoms with Crippen LogP contribution in [0, 0.1) is 20.8 Å². The Balaban J connectivity index is 1.76. The zero-order valence-electron chi connectivity index (χ0n) is 18.6. The van der Waals surface area contributed by atoms with Crippen LogP contribution in [0.4, 0.5) is 5.69 Å². The van der Waals surface area contributed by atoms with Gasteiger partial charge in [0, 0.05) is 22.0 Å². The summed E-state index contributed by atoms with van der Waals surface area (Å²) < 4.78 is 27.5. The molecule has 2 aromatic carbocycles. The minimum absolute atomic E-state index is 0.390. The Hall–Kier alpha value is -2.81. The maximum atomic E-state index is 12.4. The number of hydrazone groups is 1. The Bertz CT molecular complexity index is 1330.